The van der Waals surface area contributed by atoms with Crippen LogP contribution >= 0.6 is 0 Å². The number of aromatic nitrogens is 1. The van der Waals surface area contributed by atoms with E-state index in [1.54, 1.807) is 12.3 Å². The van der Waals surface area contributed by atoms with Crippen LogP contribution in [0.15, 0.2) is 23.4 Å². The normalized spacial score (nSPS) is 12.0. The first-order chi connectivity index (χ1) is 7.95. The molecular weight excluding hydrogens is 238 g/mol. The van der Waals surface area contributed by atoms with Crippen molar-refractivity contribution in [2.45, 2.75) is 25.4 Å². The molecule has 1 aromatic rings. The van der Waals surface area contributed by atoms with Gasteiger partial charge in [0.05, 0.1) is 0 Å². The Morgan fingerprint density at radius 2 is 2.06 bits per heavy atom. The van der Waals surface area contributed by atoms with E-state index in [-0.39, 0.29) is 10.9 Å². The molecule has 1 rings (SSSR count). The Bertz CT molecular complexity index is 440. The average molecular weight is 257 g/mol. The summed E-state index contributed by atoms with van der Waals surface area (Å²) in [6, 6.07) is 3.28. The van der Waals surface area contributed by atoms with Crippen molar-refractivity contribution in [1.82, 2.24) is 15.0 Å². The van der Waals surface area contributed by atoms with Crippen LogP contribution in [0.5, 0.6) is 0 Å². The van der Waals surface area contributed by atoms with Crippen molar-refractivity contribution < 1.29 is 8.42 Å². The van der Waals surface area contributed by atoms with Crippen LogP contribution in [0.3, 0.4) is 0 Å². The van der Waals surface area contributed by atoms with Gasteiger partial charge >= 0.3 is 0 Å². The molecule has 0 saturated heterocycles. The van der Waals surface area contributed by atoms with E-state index >= 15 is 0 Å². The fourth-order valence-electron chi connectivity index (χ4n) is 1.23. The van der Waals surface area contributed by atoms with Gasteiger partial charge in [0.25, 0.3) is 10.0 Å². The van der Waals surface area contributed by atoms with Gasteiger partial charge in [-0.1, -0.05) is 19.9 Å². The summed E-state index contributed by atoms with van der Waals surface area (Å²) in [6.45, 7) is 4.99. The number of rotatable bonds is 6. The highest BCUT2D eigenvalue weighted by molar-refractivity contribution is 7.89. The predicted molar refractivity (Wildman–Crippen MR) is 67.0 cm³/mol. The van der Waals surface area contributed by atoms with E-state index in [4.69, 9.17) is 0 Å². The zero-order chi connectivity index (χ0) is 12.9. The van der Waals surface area contributed by atoms with Gasteiger partial charge in [-0.15, -0.1) is 0 Å². The van der Waals surface area contributed by atoms with Crippen molar-refractivity contribution >= 4 is 10.0 Å². The van der Waals surface area contributed by atoms with E-state index in [1.165, 1.54) is 6.07 Å². The lowest BCUT2D eigenvalue weighted by molar-refractivity contribution is 0.557. The molecule has 96 valence electrons. The van der Waals surface area contributed by atoms with E-state index in [1.807, 2.05) is 20.9 Å². The molecule has 0 unspecified atom stereocenters. The van der Waals surface area contributed by atoms with Crippen LogP contribution in [0.25, 0.3) is 0 Å². The van der Waals surface area contributed by atoms with Gasteiger partial charge in [-0.2, -0.15) is 0 Å². The van der Waals surface area contributed by atoms with E-state index < -0.39 is 10.0 Å². The number of hydrogen-bond acceptors (Lipinski definition) is 4. The van der Waals surface area contributed by atoms with Crippen molar-refractivity contribution in [3.8, 4) is 0 Å². The van der Waals surface area contributed by atoms with E-state index in [2.05, 4.69) is 15.0 Å². The van der Waals surface area contributed by atoms with Gasteiger partial charge in [-0.3, -0.25) is 0 Å². The zero-order valence-electron chi connectivity index (χ0n) is 10.4. The van der Waals surface area contributed by atoms with Crippen molar-refractivity contribution in [2.24, 2.45) is 5.92 Å². The lowest BCUT2D eigenvalue weighted by Crippen LogP contribution is -2.28. The van der Waals surface area contributed by atoms with Gasteiger partial charge in [0, 0.05) is 19.3 Å². The van der Waals surface area contributed by atoms with E-state index in [0.29, 0.717) is 13.1 Å². The minimum atomic E-state index is -3.47. The molecule has 2 N–H and O–H groups in total. The highest BCUT2D eigenvalue weighted by atomic mass is 32.2. The monoisotopic (exact) mass is 257 g/mol. The zero-order valence-corrected chi connectivity index (χ0v) is 11.2. The van der Waals surface area contributed by atoms with Crippen LogP contribution in [0, 0.1) is 5.92 Å². The molecule has 0 fully saturated rings. The first-order valence-electron chi connectivity index (χ1n) is 5.55. The summed E-state index contributed by atoms with van der Waals surface area (Å²) in [6.07, 6.45) is 1.57. The van der Waals surface area contributed by atoms with E-state index in [9.17, 15) is 8.42 Å². The summed E-state index contributed by atoms with van der Waals surface area (Å²) in [5, 5.41) is 3.04. The molecule has 17 heavy (non-hydrogen) atoms. The Morgan fingerprint density at radius 1 is 1.35 bits per heavy atom. The van der Waals surface area contributed by atoms with Gasteiger partial charge in [-0.05, 0) is 24.6 Å². The number of nitrogens with zero attached hydrogens (tertiary/aromatic N) is 1. The molecule has 5 nitrogen and oxygen atoms in total. The standard InChI is InChI=1S/C11H19N3O2S/c1-9(2)6-14-17(15,16)11-5-4-10(7-12-3)8-13-11/h4-5,8-9,12,14H,6-7H2,1-3H3. The highest BCUT2D eigenvalue weighted by Crippen LogP contribution is 2.06. The number of sulfonamides is 1. The first-order valence-corrected chi connectivity index (χ1v) is 7.03. The maximum absolute atomic E-state index is 11.8. The maximum Gasteiger partial charge on any atom is 0.258 e. The van der Waals surface area contributed by atoms with Gasteiger partial charge < -0.3 is 5.32 Å². The molecular formula is C11H19N3O2S. The summed E-state index contributed by atoms with van der Waals surface area (Å²) in [5.41, 5.74) is 0.954. The smallest absolute Gasteiger partial charge is 0.258 e. The Labute approximate surface area is 103 Å². The predicted octanol–water partition coefficient (Wildman–Crippen LogP) is 0.735. The lowest BCUT2D eigenvalue weighted by Gasteiger charge is -2.08. The van der Waals surface area contributed by atoms with Gasteiger partial charge in [0.2, 0.25) is 0 Å². The largest absolute Gasteiger partial charge is 0.316 e. The van der Waals surface area contributed by atoms with Gasteiger partial charge in [0.1, 0.15) is 0 Å². The van der Waals surface area contributed by atoms with Crippen LogP contribution in [-0.2, 0) is 16.6 Å². The fraction of sp³-hybridized carbons (Fsp3) is 0.545. The maximum atomic E-state index is 11.8. The highest BCUT2D eigenvalue weighted by Gasteiger charge is 2.15. The van der Waals surface area contributed by atoms with Gasteiger partial charge in [0.15, 0.2) is 5.03 Å². The van der Waals surface area contributed by atoms with Crippen LogP contribution in [0.1, 0.15) is 19.4 Å². The second-order valence-corrected chi connectivity index (χ2v) is 5.99. The Hall–Kier alpha value is -0.980. The fourth-order valence-corrected chi connectivity index (χ4v) is 2.37. The molecule has 0 atom stereocenters. The molecule has 1 aromatic heterocycles. The summed E-state index contributed by atoms with van der Waals surface area (Å²) in [5.74, 6) is 0.272. The number of nitrogens with one attached hydrogen (secondary N) is 2. The molecule has 1 heterocycles. The second kappa shape index (κ2) is 6.09. The van der Waals surface area contributed by atoms with Crippen LogP contribution < -0.4 is 10.0 Å². The third kappa shape index (κ3) is 4.41. The van der Waals surface area contributed by atoms with Crippen molar-refractivity contribution in [3.05, 3.63) is 23.9 Å². The lowest BCUT2D eigenvalue weighted by atomic mass is 10.2. The molecule has 0 aliphatic carbocycles. The van der Waals surface area contributed by atoms with Crippen LogP contribution in [0.2, 0.25) is 0 Å². The third-order valence-corrected chi connectivity index (χ3v) is 3.47. The summed E-state index contributed by atoms with van der Waals surface area (Å²) >= 11 is 0. The Kier molecular flexibility index (Phi) is 5.04. The number of hydrogen-bond donors (Lipinski definition) is 2. The van der Waals surface area contributed by atoms with Crippen molar-refractivity contribution in [2.75, 3.05) is 13.6 Å². The molecule has 0 aromatic carbocycles. The molecule has 0 aliphatic heterocycles. The van der Waals surface area contributed by atoms with E-state index in [0.717, 1.165) is 5.56 Å². The molecule has 6 heteroatoms. The quantitative estimate of drug-likeness (QED) is 0.788. The second-order valence-electron chi connectivity index (χ2n) is 4.28. The molecule has 0 spiro atoms. The average Bonchev–Trinajstić information content (AvgIpc) is 2.28. The third-order valence-electron chi connectivity index (χ3n) is 2.14. The molecule has 0 bridgehead atoms. The molecule has 0 radical (unpaired) electrons. The van der Waals surface area contributed by atoms with Crippen LogP contribution in [0.4, 0.5) is 0 Å². The molecule has 0 saturated carbocycles. The van der Waals surface area contributed by atoms with Crippen molar-refractivity contribution in [3.63, 3.8) is 0 Å². The topological polar surface area (TPSA) is 71.1 Å². The minimum Gasteiger partial charge on any atom is -0.316 e. The SMILES string of the molecule is CNCc1ccc(S(=O)(=O)NCC(C)C)nc1. The van der Waals surface area contributed by atoms with Gasteiger partial charge in [-0.25, -0.2) is 18.1 Å². The van der Waals surface area contributed by atoms with Crippen molar-refractivity contribution in [1.29, 1.82) is 0 Å². The Morgan fingerprint density at radius 3 is 2.53 bits per heavy atom. The molecule has 0 aliphatic rings. The summed E-state index contributed by atoms with van der Waals surface area (Å²) < 4.78 is 26.2. The number of pyridine rings is 1. The minimum absolute atomic E-state index is 0.0676. The summed E-state index contributed by atoms with van der Waals surface area (Å²) in [4.78, 5) is 3.96. The van der Waals surface area contributed by atoms with Crippen LogP contribution in [-0.4, -0.2) is 27.0 Å². The molecule has 0 amide bonds. The first kappa shape index (κ1) is 14.1. The Balaban J connectivity index is 2.77. The summed E-state index contributed by atoms with van der Waals surface area (Å²) in [7, 11) is -1.64.